The highest BCUT2D eigenvalue weighted by atomic mass is 16.4. The molecule has 0 fully saturated rings. The lowest BCUT2D eigenvalue weighted by Gasteiger charge is -2.01. The van der Waals surface area contributed by atoms with E-state index < -0.39 is 7.12 Å². The zero-order valence-electron chi connectivity index (χ0n) is 11.7. The Morgan fingerprint density at radius 3 is 2.32 bits per heavy atom. The highest BCUT2D eigenvalue weighted by Gasteiger charge is 2.19. The summed E-state index contributed by atoms with van der Waals surface area (Å²) in [6.45, 7) is 0. The normalized spacial score (nSPS) is 11.2. The van der Waals surface area contributed by atoms with E-state index in [2.05, 4.69) is 18.2 Å². The highest BCUT2D eigenvalue weighted by Crippen LogP contribution is 2.31. The maximum Gasteiger partial charge on any atom is 0.492 e. The third kappa shape index (κ3) is 2.01. The topological polar surface area (TPSA) is 53.6 Å². The van der Waals surface area contributed by atoms with Gasteiger partial charge in [0.15, 0.2) is 0 Å². The summed E-state index contributed by atoms with van der Waals surface area (Å²) in [7, 11) is -1.54. The number of para-hydroxylation sites is 1. The minimum atomic E-state index is -1.54. The van der Waals surface area contributed by atoms with Crippen LogP contribution in [0, 0.1) is 0 Å². The molecule has 22 heavy (non-hydrogen) atoms. The van der Waals surface area contributed by atoms with Crippen molar-refractivity contribution in [3.05, 3.63) is 66.7 Å². The van der Waals surface area contributed by atoms with Crippen molar-refractivity contribution in [1.29, 1.82) is 0 Å². The SMILES string of the molecule is OB(O)c1cccc2c1oc1ccc(-c3ccccc3)cc12. The van der Waals surface area contributed by atoms with Crippen LogP contribution in [0.25, 0.3) is 33.1 Å². The average molecular weight is 288 g/mol. The second kappa shape index (κ2) is 5.02. The Morgan fingerprint density at radius 2 is 1.55 bits per heavy atom. The van der Waals surface area contributed by atoms with Gasteiger partial charge >= 0.3 is 7.12 Å². The van der Waals surface area contributed by atoms with E-state index in [1.54, 1.807) is 12.1 Å². The van der Waals surface area contributed by atoms with Gasteiger partial charge < -0.3 is 14.5 Å². The fourth-order valence-corrected chi connectivity index (χ4v) is 2.83. The first kappa shape index (κ1) is 13.1. The largest absolute Gasteiger partial charge is 0.492 e. The second-order valence-electron chi connectivity index (χ2n) is 5.28. The minimum Gasteiger partial charge on any atom is -0.456 e. The summed E-state index contributed by atoms with van der Waals surface area (Å²) in [5.41, 5.74) is 3.89. The van der Waals surface area contributed by atoms with Crippen molar-refractivity contribution in [3.8, 4) is 11.1 Å². The molecular formula is C18H13BO3. The van der Waals surface area contributed by atoms with Gasteiger partial charge in [0.05, 0.1) is 0 Å². The van der Waals surface area contributed by atoms with Gasteiger partial charge in [-0.1, -0.05) is 54.6 Å². The minimum absolute atomic E-state index is 0.384. The molecule has 0 radical (unpaired) electrons. The smallest absolute Gasteiger partial charge is 0.456 e. The summed E-state index contributed by atoms with van der Waals surface area (Å²) in [6.07, 6.45) is 0. The van der Waals surface area contributed by atoms with E-state index in [4.69, 9.17) is 4.42 Å². The molecule has 1 heterocycles. The summed E-state index contributed by atoms with van der Waals surface area (Å²) in [6, 6.07) is 21.5. The maximum absolute atomic E-state index is 9.48. The van der Waals surface area contributed by atoms with E-state index in [1.165, 1.54) is 0 Å². The summed E-state index contributed by atoms with van der Waals surface area (Å²) in [4.78, 5) is 0. The number of furan rings is 1. The molecule has 0 unspecified atom stereocenters. The van der Waals surface area contributed by atoms with Crippen molar-refractivity contribution in [2.24, 2.45) is 0 Å². The van der Waals surface area contributed by atoms with Gasteiger partial charge in [-0.2, -0.15) is 0 Å². The van der Waals surface area contributed by atoms with Crippen LogP contribution in [-0.2, 0) is 0 Å². The molecule has 0 atom stereocenters. The fraction of sp³-hybridized carbons (Fsp3) is 0. The van der Waals surface area contributed by atoms with Crippen LogP contribution in [0.15, 0.2) is 71.1 Å². The molecule has 0 aliphatic rings. The summed E-state index contributed by atoms with van der Waals surface area (Å²) < 4.78 is 5.82. The number of benzene rings is 3. The van der Waals surface area contributed by atoms with Gasteiger partial charge in [0.1, 0.15) is 11.2 Å². The number of fused-ring (bicyclic) bond motifs is 3. The maximum atomic E-state index is 9.48. The molecule has 1 aromatic heterocycles. The van der Waals surface area contributed by atoms with Crippen LogP contribution in [0.3, 0.4) is 0 Å². The summed E-state index contributed by atoms with van der Waals surface area (Å²) in [5, 5.41) is 20.8. The Labute approximate surface area is 127 Å². The van der Waals surface area contributed by atoms with Crippen molar-refractivity contribution in [2.45, 2.75) is 0 Å². The van der Waals surface area contributed by atoms with E-state index in [1.807, 2.05) is 36.4 Å². The predicted octanol–water partition coefficient (Wildman–Crippen LogP) is 2.93. The third-order valence-electron chi connectivity index (χ3n) is 3.91. The Hall–Kier alpha value is -2.56. The van der Waals surface area contributed by atoms with Crippen LogP contribution in [0.5, 0.6) is 0 Å². The van der Waals surface area contributed by atoms with E-state index in [9.17, 15) is 10.0 Å². The van der Waals surface area contributed by atoms with Crippen molar-refractivity contribution in [1.82, 2.24) is 0 Å². The lowest BCUT2D eigenvalue weighted by atomic mass is 9.79. The molecule has 4 aromatic rings. The lowest BCUT2D eigenvalue weighted by Crippen LogP contribution is -2.29. The van der Waals surface area contributed by atoms with Crippen LogP contribution in [0.4, 0.5) is 0 Å². The summed E-state index contributed by atoms with van der Waals surface area (Å²) >= 11 is 0. The van der Waals surface area contributed by atoms with Gasteiger partial charge in [0.2, 0.25) is 0 Å². The molecule has 0 aliphatic carbocycles. The molecular weight excluding hydrogens is 275 g/mol. The van der Waals surface area contributed by atoms with Crippen molar-refractivity contribution < 1.29 is 14.5 Å². The van der Waals surface area contributed by atoms with E-state index in [0.29, 0.717) is 11.0 Å². The third-order valence-corrected chi connectivity index (χ3v) is 3.91. The molecule has 106 valence electrons. The Bertz CT molecular complexity index is 958. The Kier molecular flexibility index (Phi) is 3.00. The molecule has 0 saturated heterocycles. The van der Waals surface area contributed by atoms with Crippen molar-refractivity contribution >= 4 is 34.5 Å². The lowest BCUT2D eigenvalue weighted by molar-refractivity contribution is 0.425. The van der Waals surface area contributed by atoms with E-state index in [0.717, 1.165) is 27.5 Å². The molecule has 0 bridgehead atoms. The van der Waals surface area contributed by atoms with Crippen molar-refractivity contribution in [3.63, 3.8) is 0 Å². The zero-order valence-corrected chi connectivity index (χ0v) is 11.7. The molecule has 3 aromatic carbocycles. The van der Waals surface area contributed by atoms with Crippen LogP contribution >= 0.6 is 0 Å². The number of rotatable bonds is 2. The average Bonchev–Trinajstić information content (AvgIpc) is 2.93. The van der Waals surface area contributed by atoms with Crippen molar-refractivity contribution in [2.75, 3.05) is 0 Å². The highest BCUT2D eigenvalue weighted by molar-refractivity contribution is 6.61. The van der Waals surface area contributed by atoms with Gasteiger partial charge in [-0.3, -0.25) is 0 Å². The molecule has 0 aliphatic heterocycles. The quantitative estimate of drug-likeness (QED) is 0.558. The Balaban J connectivity index is 2.00. The van der Waals surface area contributed by atoms with Gasteiger partial charge in [-0.15, -0.1) is 0 Å². The summed E-state index contributed by atoms with van der Waals surface area (Å²) in [5.74, 6) is 0. The van der Waals surface area contributed by atoms with Gasteiger partial charge in [0.25, 0.3) is 0 Å². The standard InChI is InChI=1S/C18H13BO3/c20-19(21)16-8-4-7-14-15-11-13(12-5-2-1-3-6-12)9-10-17(15)22-18(14)16/h1-11,20-21H. The molecule has 4 heteroatoms. The zero-order chi connectivity index (χ0) is 15.1. The van der Waals surface area contributed by atoms with Crippen LogP contribution in [0.1, 0.15) is 0 Å². The molecule has 4 rings (SSSR count). The van der Waals surface area contributed by atoms with Gasteiger partial charge in [-0.25, -0.2) is 0 Å². The molecule has 0 spiro atoms. The Morgan fingerprint density at radius 1 is 0.727 bits per heavy atom. The van der Waals surface area contributed by atoms with Gasteiger partial charge in [0, 0.05) is 16.2 Å². The van der Waals surface area contributed by atoms with Gasteiger partial charge in [-0.05, 0) is 23.3 Å². The molecule has 2 N–H and O–H groups in total. The molecule has 0 saturated carbocycles. The number of hydrogen-bond donors (Lipinski definition) is 2. The monoisotopic (exact) mass is 288 g/mol. The first-order valence-corrected chi connectivity index (χ1v) is 7.11. The first-order valence-electron chi connectivity index (χ1n) is 7.11. The predicted molar refractivity (Wildman–Crippen MR) is 89.0 cm³/mol. The van der Waals surface area contributed by atoms with Crippen LogP contribution in [0.2, 0.25) is 0 Å². The van der Waals surface area contributed by atoms with Crippen LogP contribution in [-0.4, -0.2) is 17.2 Å². The molecule has 3 nitrogen and oxygen atoms in total. The second-order valence-corrected chi connectivity index (χ2v) is 5.28. The number of hydrogen-bond acceptors (Lipinski definition) is 3. The first-order chi connectivity index (χ1) is 10.7. The van der Waals surface area contributed by atoms with E-state index in [-0.39, 0.29) is 0 Å². The van der Waals surface area contributed by atoms with Crippen LogP contribution < -0.4 is 5.46 Å². The molecule has 0 amide bonds. The fourth-order valence-electron chi connectivity index (χ4n) is 2.83. The van der Waals surface area contributed by atoms with E-state index >= 15 is 0 Å².